The van der Waals surface area contributed by atoms with Crippen LogP contribution < -0.4 is 10.2 Å². The number of carbonyl (C=O) groups excluding carboxylic acids is 3. The van der Waals surface area contributed by atoms with Crippen molar-refractivity contribution in [3.8, 4) is 0 Å². The Hall–Kier alpha value is -2.80. The fourth-order valence-corrected chi connectivity index (χ4v) is 4.03. The summed E-state index contributed by atoms with van der Waals surface area (Å²) < 4.78 is 5.05. The van der Waals surface area contributed by atoms with Crippen molar-refractivity contribution in [2.24, 2.45) is 0 Å². The van der Waals surface area contributed by atoms with E-state index in [0.29, 0.717) is 12.3 Å². The minimum atomic E-state index is -0.498. The maximum absolute atomic E-state index is 12.2. The van der Waals surface area contributed by atoms with Gasteiger partial charge in [-0.25, -0.2) is 0 Å². The number of amides is 2. The van der Waals surface area contributed by atoms with Gasteiger partial charge in [0.15, 0.2) is 6.61 Å². The topological polar surface area (TPSA) is 75.7 Å². The molecule has 0 fully saturated rings. The lowest BCUT2D eigenvalue weighted by atomic mass is 10.1. The van der Waals surface area contributed by atoms with E-state index in [4.69, 9.17) is 4.74 Å². The lowest BCUT2D eigenvalue weighted by Crippen LogP contribution is -2.37. The number of carbonyl (C=O) groups is 3. The number of ether oxygens (including phenoxy) is 1. The fraction of sp³-hybridized carbons (Fsp3) is 0.318. The maximum Gasteiger partial charge on any atom is 0.308 e. The normalized spacial score (nSPS) is 13.0. The summed E-state index contributed by atoms with van der Waals surface area (Å²) in [6.45, 7) is 2.44. The van der Waals surface area contributed by atoms with Crippen LogP contribution in [0.25, 0.3) is 0 Å². The Morgan fingerprint density at radius 2 is 1.90 bits per heavy atom. The van der Waals surface area contributed by atoms with Crippen molar-refractivity contribution in [1.29, 1.82) is 0 Å². The van der Waals surface area contributed by atoms with Gasteiger partial charge in [-0.3, -0.25) is 14.4 Å². The van der Waals surface area contributed by atoms with Gasteiger partial charge in [-0.2, -0.15) is 0 Å². The molecule has 0 bridgehead atoms. The van der Waals surface area contributed by atoms with E-state index in [2.05, 4.69) is 5.32 Å². The maximum atomic E-state index is 12.2. The summed E-state index contributed by atoms with van der Waals surface area (Å²) in [6, 6.07) is 15.6. The second kappa shape index (κ2) is 10.1. The average Bonchev–Trinajstić information content (AvgIpc) is 2.73. The van der Waals surface area contributed by atoms with E-state index in [-0.39, 0.29) is 31.4 Å². The number of benzene rings is 2. The first-order valence-electron chi connectivity index (χ1n) is 9.53. The molecule has 2 aromatic carbocycles. The molecule has 1 aliphatic rings. The van der Waals surface area contributed by atoms with Crippen LogP contribution in [-0.4, -0.2) is 43.2 Å². The van der Waals surface area contributed by atoms with Crippen LogP contribution >= 0.6 is 11.8 Å². The van der Waals surface area contributed by atoms with Gasteiger partial charge in [0.2, 0.25) is 5.91 Å². The number of hydrogen-bond acceptors (Lipinski definition) is 5. The Kier molecular flexibility index (Phi) is 7.30. The van der Waals surface area contributed by atoms with Crippen molar-refractivity contribution in [2.75, 3.05) is 30.3 Å². The number of para-hydroxylation sites is 1. The van der Waals surface area contributed by atoms with Gasteiger partial charge < -0.3 is 15.0 Å². The number of rotatable bonds is 8. The van der Waals surface area contributed by atoms with E-state index in [1.807, 2.05) is 55.5 Å². The van der Waals surface area contributed by atoms with Crippen LogP contribution in [0.15, 0.2) is 53.4 Å². The molecule has 0 unspecified atom stereocenters. The first-order chi connectivity index (χ1) is 14.0. The van der Waals surface area contributed by atoms with E-state index >= 15 is 0 Å². The van der Waals surface area contributed by atoms with Crippen molar-refractivity contribution >= 4 is 35.2 Å². The Labute approximate surface area is 174 Å². The van der Waals surface area contributed by atoms with Gasteiger partial charge in [0.25, 0.3) is 5.91 Å². The second-order valence-electron chi connectivity index (χ2n) is 6.74. The van der Waals surface area contributed by atoms with Gasteiger partial charge >= 0.3 is 5.97 Å². The molecule has 2 amide bonds. The molecule has 0 saturated heterocycles. The number of thioether (sulfide) groups is 1. The zero-order valence-corrected chi connectivity index (χ0v) is 17.2. The van der Waals surface area contributed by atoms with E-state index in [0.717, 1.165) is 17.0 Å². The zero-order valence-electron chi connectivity index (χ0n) is 16.3. The molecular weight excluding hydrogens is 388 g/mol. The molecule has 0 saturated carbocycles. The van der Waals surface area contributed by atoms with Gasteiger partial charge in [-0.05, 0) is 36.6 Å². The molecule has 3 rings (SSSR count). The third-order valence-corrected chi connectivity index (χ3v) is 5.74. The van der Waals surface area contributed by atoms with Crippen LogP contribution in [0.3, 0.4) is 0 Å². The van der Waals surface area contributed by atoms with Gasteiger partial charge in [-0.15, -0.1) is 11.8 Å². The molecule has 0 aromatic heterocycles. The smallest absolute Gasteiger partial charge is 0.308 e. The molecule has 0 radical (unpaired) electrons. The summed E-state index contributed by atoms with van der Waals surface area (Å²) in [7, 11) is 0. The number of hydrogen-bond donors (Lipinski definition) is 1. The predicted octanol–water partition coefficient (Wildman–Crippen LogP) is 2.73. The second-order valence-corrected chi connectivity index (χ2v) is 7.76. The molecule has 1 N–H and O–H groups in total. The highest BCUT2D eigenvalue weighted by Gasteiger charge is 2.24. The molecule has 29 heavy (non-hydrogen) atoms. The van der Waals surface area contributed by atoms with Gasteiger partial charge in [0, 0.05) is 18.0 Å². The molecule has 6 nitrogen and oxygen atoms in total. The van der Waals surface area contributed by atoms with Crippen LogP contribution in [0, 0.1) is 6.92 Å². The monoisotopic (exact) mass is 412 g/mol. The van der Waals surface area contributed by atoms with Crippen molar-refractivity contribution in [1.82, 2.24) is 5.32 Å². The molecule has 2 aromatic rings. The number of aryl methyl sites for hydroxylation is 1. The number of anilines is 1. The Morgan fingerprint density at radius 3 is 2.72 bits per heavy atom. The summed E-state index contributed by atoms with van der Waals surface area (Å²) in [5, 5.41) is 2.76. The summed E-state index contributed by atoms with van der Waals surface area (Å²) >= 11 is 1.50. The highest BCUT2D eigenvalue weighted by molar-refractivity contribution is 8.00. The molecular formula is C22H24N2O4S. The number of nitrogens with zero attached hydrogens (tertiary/aromatic N) is 1. The Morgan fingerprint density at radius 1 is 1.14 bits per heavy atom. The van der Waals surface area contributed by atoms with E-state index in [9.17, 15) is 14.4 Å². The highest BCUT2D eigenvalue weighted by Crippen LogP contribution is 2.34. The van der Waals surface area contributed by atoms with Crippen molar-refractivity contribution in [3.05, 3.63) is 59.7 Å². The molecule has 0 atom stereocenters. The molecule has 152 valence electrons. The van der Waals surface area contributed by atoms with Crippen LogP contribution in [0.2, 0.25) is 0 Å². The summed E-state index contributed by atoms with van der Waals surface area (Å²) in [5.41, 5.74) is 3.17. The lowest BCUT2D eigenvalue weighted by molar-refractivity contribution is -0.148. The van der Waals surface area contributed by atoms with Gasteiger partial charge in [0.1, 0.15) is 0 Å². The summed E-state index contributed by atoms with van der Waals surface area (Å²) in [5.74, 6) is -0.504. The third kappa shape index (κ3) is 5.84. The third-order valence-electron chi connectivity index (χ3n) is 4.69. The quantitative estimate of drug-likeness (QED) is 0.675. The minimum Gasteiger partial charge on any atom is -0.456 e. The predicted molar refractivity (Wildman–Crippen MR) is 113 cm³/mol. The largest absolute Gasteiger partial charge is 0.456 e. The van der Waals surface area contributed by atoms with E-state index in [1.54, 1.807) is 4.90 Å². The van der Waals surface area contributed by atoms with E-state index < -0.39 is 5.97 Å². The lowest BCUT2D eigenvalue weighted by Gasteiger charge is -2.28. The standard InChI is InChI=1S/C22H24N2O4S/c1-16-6-2-3-7-17(16)10-12-23-20(25)14-28-22(27)11-13-24-18-8-4-5-9-19(18)29-15-21(24)26/h2-9H,10-15H2,1H3,(H,23,25). The number of esters is 1. The Bertz CT molecular complexity index is 900. The molecule has 0 aliphatic carbocycles. The van der Waals surface area contributed by atoms with E-state index in [1.165, 1.54) is 22.9 Å². The SMILES string of the molecule is Cc1ccccc1CCNC(=O)COC(=O)CCN1C(=O)CSc2ccccc21. The highest BCUT2D eigenvalue weighted by atomic mass is 32.2. The summed E-state index contributed by atoms with van der Waals surface area (Å²) in [4.78, 5) is 38.7. The fourth-order valence-electron chi connectivity index (χ4n) is 3.10. The molecule has 1 aliphatic heterocycles. The number of nitrogens with one attached hydrogen (secondary N) is 1. The summed E-state index contributed by atoms with van der Waals surface area (Å²) in [6.07, 6.45) is 0.766. The Balaban J connectivity index is 1.38. The van der Waals surface area contributed by atoms with Crippen molar-refractivity contribution in [2.45, 2.75) is 24.7 Å². The minimum absolute atomic E-state index is 0.0320. The van der Waals surface area contributed by atoms with Crippen molar-refractivity contribution in [3.63, 3.8) is 0 Å². The average molecular weight is 413 g/mol. The zero-order chi connectivity index (χ0) is 20.6. The first kappa shape index (κ1) is 20.9. The van der Waals surface area contributed by atoms with Crippen LogP contribution in [0.4, 0.5) is 5.69 Å². The van der Waals surface area contributed by atoms with Gasteiger partial charge in [0.05, 0.1) is 17.9 Å². The van der Waals surface area contributed by atoms with Gasteiger partial charge in [-0.1, -0.05) is 36.4 Å². The number of fused-ring (bicyclic) bond motifs is 1. The van der Waals surface area contributed by atoms with Crippen molar-refractivity contribution < 1.29 is 19.1 Å². The molecule has 0 spiro atoms. The molecule has 7 heteroatoms. The molecule has 1 heterocycles. The van der Waals surface area contributed by atoms with Crippen LogP contribution in [0.1, 0.15) is 17.5 Å². The van der Waals surface area contributed by atoms with Crippen LogP contribution in [-0.2, 0) is 25.5 Å². The first-order valence-corrected chi connectivity index (χ1v) is 10.5. The van der Waals surface area contributed by atoms with Crippen LogP contribution in [0.5, 0.6) is 0 Å².